The fourth-order valence-corrected chi connectivity index (χ4v) is 3.82. The van der Waals surface area contributed by atoms with E-state index in [9.17, 15) is 19.7 Å². The predicted molar refractivity (Wildman–Crippen MR) is 116 cm³/mol. The van der Waals surface area contributed by atoms with Gasteiger partial charge in [-0.2, -0.15) is 0 Å². The normalized spacial score (nSPS) is 14.9. The number of benzene rings is 1. The van der Waals surface area contributed by atoms with E-state index < -0.39 is 16.7 Å². The molecule has 0 radical (unpaired) electrons. The van der Waals surface area contributed by atoms with Gasteiger partial charge in [0.25, 0.3) is 5.69 Å². The number of hydrogen-bond donors (Lipinski definition) is 2. The lowest BCUT2D eigenvalue weighted by Gasteiger charge is -2.31. The molecule has 1 aromatic carbocycles. The number of nitrogens with one attached hydrogen (secondary N) is 2. The summed E-state index contributed by atoms with van der Waals surface area (Å²) in [4.78, 5) is 37.3. The number of aryl methyl sites for hydroxylation is 3. The number of likely N-dealkylation sites (tertiary alicyclic amines) is 1. The zero-order valence-electron chi connectivity index (χ0n) is 18.1. The number of piperidine rings is 1. The number of amides is 2. The van der Waals surface area contributed by atoms with E-state index in [4.69, 9.17) is 4.42 Å². The Kier molecular flexibility index (Phi) is 7.06. The smallest absolute Gasteiger partial charge is 0.313 e. The zero-order chi connectivity index (χ0) is 22.5. The first kappa shape index (κ1) is 22.5. The number of nitro groups is 1. The van der Waals surface area contributed by atoms with Crippen LogP contribution >= 0.6 is 0 Å². The lowest BCUT2D eigenvalue weighted by atomic mass is 9.96. The number of nitrogens with zero attached hydrogens (tertiary/aromatic N) is 2. The van der Waals surface area contributed by atoms with Gasteiger partial charge in [0.1, 0.15) is 17.2 Å². The third kappa shape index (κ3) is 5.91. The molecule has 0 bridgehead atoms. The molecule has 1 aliphatic heterocycles. The fourth-order valence-electron chi connectivity index (χ4n) is 3.82. The molecule has 0 unspecified atom stereocenters. The second-order valence-corrected chi connectivity index (χ2v) is 8.10. The molecule has 2 amide bonds. The van der Waals surface area contributed by atoms with E-state index in [1.807, 2.05) is 13.8 Å². The third-order valence-corrected chi connectivity index (χ3v) is 5.60. The van der Waals surface area contributed by atoms with E-state index in [2.05, 4.69) is 21.6 Å². The van der Waals surface area contributed by atoms with Crippen molar-refractivity contribution in [3.05, 3.63) is 57.0 Å². The van der Waals surface area contributed by atoms with Gasteiger partial charge in [-0.1, -0.05) is 6.07 Å². The Morgan fingerprint density at radius 1 is 1.16 bits per heavy atom. The first-order valence-electron chi connectivity index (χ1n) is 10.4. The average molecular weight is 428 g/mol. The summed E-state index contributed by atoms with van der Waals surface area (Å²) in [6.07, 6.45) is 1.84. The van der Waals surface area contributed by atoms with Crippen LogP contribution in [0, 0.1) is 36.8 Å². The molecule has 2 heterocycles. The number of carbonyl (C=O) groups is 2. The summed E-state index contributed by atoms with van der Waals surface area (Å²) >= 11 is 0. The van der Waals surface area contributed by atoms with Crippen LogP contribution in [-0.4, -0.2) is 41.3 Å². The van der Waals surface area contributed by atoms with Crippen LogP contribution in [0.3, 0.4) is 0 Å². The van der Waals surface area contributed by atoms with E-state index in [0.717, 1.165) is 44.0 Å². The van der Waals surface area contributed by atoms with Gasteiger partial charge in [-0.25, -0.2) is 0 Å². The summed E-state index contributed by atoms with van der Waals surface area (Å²) in [6, 6.07) is 6.49. The highest BCUT2D eigenvalue weighted by Gasteiger charge is 2.23. The molecule has 1 saturated heterocycles. The topological polar surface area (TPSA) is 118 Å². The minimum atomic E-state index is -0.907. The first-order valence-corrected chi connectivity index (χ1v) is 10.4. The summed E-state index contributed by atoms with van der Waals surface area (Å²) in [5.41, 5.74) is 1.66. The molecule has 166 valence electrons. The Labute approximate surface area is 180 Å². The molecule has 3 rings (SSSR count). The Morgan fingerprint density at radius 2 is 1.87 bits per heavy atom. The second-order valence-electron chi connectivity index (χ2n) is 8.10. The molecule has 1 aromatic heterocycles. The van der Waals surface area contributed by atoms with Gasteiger partial charge in [-0.3, -0.25) is 24.6 Å². The van der Waals surface area contributed by atoms with Crippen molar-refractivity contribution in [2.24, 2.45) is 5.92 Å². The van der Waals surface area contributed by atoms with Gasteiger partial charge in [0.15, 0.2) is 0 Å². The molecular formula is C22H28N4O5. The molecule has 1 fully saturated rings. The number of rotatable bonds is 6. The van der Waals surface area contributed by atoms with E-state index in [1.54, 1.807) is 13.0 Å². The predicted octanol–water partition coefficient (Wildman–Crippen LogP) is 3.08. The molecule has 0 aliphatic carbocycles. The average Bonchev–Trinajstić information content (AvgIpc) is 3.04. The van der Waals surface area contributed by atoms with Crippen LogP contribution in [0.15, 0.2) is 28.7 Å². The van der Waals surface area contributed by atoms with Gasteiger partial charge in [0.05, 0.1) is 4.92 Å². The van der Waals surface area contributed by atoms with Crippen molar-refractivity contribution in [1.82, 2.24) is 10.2 Å². The van der Waals surface area contributed by atoms with Crippen LogP contribution < -0.4 is 10.6 Å². The molecule has 2 aromatic rings. The van der Waals surface area contributed by atoms with Crippen LogP contribution in [0.4, 0.5) is 11.4 Å². The molecule has 9 nitrogen and oxygen atoms in total. The van der Waals surface area contributed by atoms with Gasteiger partial charge in [0, 0.05) is 24.7 Å². The Hall–Kier alpha value is -3.20. The fraction of sp³-hybridized carbons (Fsp3) is 0.455. The largest absolute Gasteiger partial charge is 0.466 e. The molecule has 9 heteroatoms. The molecule has 1 aliphatic rings. The molecule has 0 spiro atoms. The van der Waals surface area contributed by atoms with Gasteiger partial charge in [-0.15, -0.1) is 0 Å². The minimum absolute atomic E-state index is 0.00818. The second kappa shape index (κ2) is 9.74. The molecule has 31 heavy (non-hydrogen) atoms. The standard InChI is InChI=1S/C22H28N4O5/c1-14-4-5-19(20(10-14)26(29)30)24-22(28)21(27)23-12-17-6-8-25(9-7-17)13-18-11-15(2)31-16(18)3/h4-5,10-11,17H,6-9,12-13H2,1-3H3,(H,23,27)(H,24,28). The Morgan fingerprint density at radius 3 is 2.48 bits per heavy atom. The van der Waals surface area contributed by atoms with Crippen molar-refractivity contribution in [2.45, 2.75) is 40.2 Å². The summed E-state index contributed by atoms with van der Waals surface area (Å²) < 4.78 is 5.58. The van der Waals surface area contributed by atoms with Crippen LogP contribution in [0.5, 0.6) is 0 Å². The molecule has 0 atom stereocenters. The lowest BCUT2D eigenvalue weighted by molar-refractivity contribution is -0.384. The van der Waals surface area contributed by atoms with Gasteiger partial charge >= 0.3 is 11.8 Å². The molecular weight excluding hydrogens is 400 g/mol. The van der Waals surface area contributed by atoms with Crippen LogP contribution in [0.2, 0.25) is 0 Å². The highest BCUT2D eigenvalue weighted by molar-refractivity contribution is 6.39. The summed E-state index contributed by atoms with van der Waals surface area (Å²) in [5, 5.41) is 16.2. The first-order chi connectivity index (χ1) is 14.7. The van der Waals surface area contributed by atoms with Crippen molar-refractivity contribution in [2.75, 3.05) is 25.0 Å². The number of anilines is 1. The van der Waals surface area contributed by atoms with E-state index in [1.165, 1.54) is 17.7 Å². The summed E-state index contributed by atoms with van der Waals surface area (Å²) in [7, 11) is 0. The molecule has 2 N–H and O–H groups in total. The Balaban J connectivity index is 1.44. The van der Waals surface area contributed by atoms with E-state index >= 15 is 0 Å². The maximum Gasteiger partial charge on any atom is 0.313 e. The van der Waals surface area contributed by atoms with Crippen LogP contribution in [-0.2, 0) is 16.1 Å². The quantitative estimate of drug-likeness (QED) is 0.415. The van der Waals surface area contributed by atoms with Gasteiger partial charge in [0.2, 0.25) is 0 Å². The Bertz CT molecular complexity index is 976. The monoisotopic (exact) mass is 428 g/mol. The van der Waals surface area contributed by atoms with Crippen molar-refractivity contribution in [1.29, 1.82) is 0 Å². The zero-order valence-corrected chi connectivity index (χ0v) is 18.1. The van der Waals surface area contributed by atoms with Crippen molar-refractivity contribution < 1.29 is 18.9 Å². The highest BCUT2D eigenvalue weighted by atomic mass is 16.6. The van der Waals surface area contributed by atoms with Crippen LogP contribution in [0.1, 0.15) is 35.5 Å². The molecule has 0 saturated carbocycles. The number of nitro benzene ring substituents is 1. The van der Waals surface area contributed by atoms with Crippen molar-refractivity contribution >= 4 is 23.2 Å². The third-order valence-electron chi connectivity index (χ3n) is 5.60. The van der Waals surface area contributed by atoms with Gasteiger partial charge in [-0.05, 0) is 70.3 Å². The number of hydrogen-bond acceptors (Lipinski definition) is 6. The number of furan rings is 1. The van der Waals surface area contributed by atoms with E-state index in [0.29, 0.717) is 12.1 Å². The minimum Gasteiger partial charge on any atom is -0.466 e. The van der Waals surface area contributed by atoms with Crippen molar-refractivity contribution in [3.8, 4) is 0 Å². The summed E-state index contributed by atoms with van der Waals surface area (Å²) in [5.74, 6) is 0.456. The number of carbonyl (C=O) groups excluding carboxylic acids is 2. The van der Waals surface area contributed by atoms with Gasteiger partial charge < -0.3 is 15.1 Å². The van der Waals surface area contributed by atoms with E-state index in [-0.39, 0.29) is 17.3 Å². The van der Waals surface area contributed by atoms with Crippen LogP contribution in [0.25, 0.3) is 0 Å². The lowest BCUT2D eigenvalue weighted by Crippen LogP contribution is -2.41. The highest BCUT2D eigenvalue weighted by Crippen LogP contribution is 2.25. The SMILES string of the molecule is Cc1ccc(NC(=O)C(=O)NCC2CCN(Cc3cc(C)oc3C)CC2)c([N+](=O)[O-])c1. The van der Waals surface area contributed by atoms with Crippen molar-refractivity contribution in [3.63, 3.8) is 0 Å². The summed E-state index contributed by atoms with van der Waals surface area (Å²) in [6.45, 7) is 8.70. The maximum absolute atomic E-state index is 12.2. The maximum atomic E-state index is 12.2.